The van der Waals surface area contributed by atoms with Crippen molar-refractivity contribution >= 4 is 11.9 Å². The lowest BCUT2D eigenvalue weighted by Crippen LogP contribution is -2.55. The molecule has 0 aromatic rings. The van der Waals surface area contributed by atoms with E-state index in [1.807, 2.05) is 0 Å². The fourth-order valence-electron chi connectivity index (χ4n) is 0.672. The van der Waals surface area contributed by atoms with Crippen LogP contribution in [-0.4, -0.2) is 44.1 Å². The Labute approximate surface area is 68.1 Å². The molecular formula is C6H10O6. The van der Waals surface area contributed by atoms with Crippen molar-refractivity contribution in [3.05, 3.63) is 0 Å². The first-order chi connectivity index (χ1) is 5.37. The zero-order chi connectivity index (χ0) is 9.94. The van der Waals surface area contributed by atoms with Crippen LogP contribution < -0.4 is 0 Å². The van der Waals surface area contributed by atoms with Crippen molar-refractivity contribution < 1.29 is 30.0 Å². The third-order valence-corrected chi connectivity index (χ3v) is 1.52. The summed E-state index contributed by atoms with van der Waals surface area (Å²) in [5, 5.41) is 34.5. The molecule has 0 saturated heterocycles. The summed E-state index contributed by atoms with van der Waals surface area (Å²) >= 11 is 0. The number of rotatable bonds is 4. The Morgan fingerprint density at radius 3 is 1.75 bits per heavy atom. The molecular weight excluding hydrogens is 168 g/mol. The third kappa shape index (κ3) is 1.54. The molecule has 1 unspecified atom stereocenters. The Balaban J connectivity index is 4.87. The van der Waals surface area contributed by atoms with E-state index in [1.165, 1.54) is 6.92 Å². The summed E-state index contributed by atoms with van der Waals surface area (Å²) in [4.78, 5) is 20.5. The van der Waals surface area contributed by atoms with Gasteiger partial charge in [0.2, 0.25) is 0 Å². The first-order valence-corrected chi connectivity index (χ1v) is 3.24. The van der Waals surface area contributed by atoms with Crippen LogP contribution >= 0.6 is 0 Å². The molecule has 6 nitrogen and oxygen atoms in total. The highest BCUT2D eigenvalue weighted by Gasteiger charge is 2.50. The van der Waals surface area contributed by atoms with Gasteiger partial charge in [-0.2, -0.15) is 0 Å². The quantitative estimate of drug-likeness (QED) is 0.396. The predicted molar refractivity (Wildman–Crippen MR) is 36.5 cm³/mol. The maximum absolute atomic E-state index is 10.3. The fourth-order valence-corrected chi connectivity index (χ4v) is 0.672. The molecule has 0 heterocycles. The molecule has 0 aliphatic rings. The Bertz CT molecular complexity index is 184. The van der Waals surface area contributed by atoms with Gasteiger partial charge in [0, 0.05) is 0 Å². The largest absolute Gasteiger partial charge is 0.479 e. The van der Waals surface area contributed by atoms with Gasteiger partial charge in [-0.3, -0.25) is 0 Å². The minimum atomic E-state index is -3.10. The third-order valence-electron chi connectivity index (χ3n) is 1.52. The molecule has 70 valence electrons. The highest BCUT2D eigenvalue weighted by atomic mass is 16.5. The summed E-state index contributed by atoms with van der Waals surface area (Å²) in [6, 6.07) is 0. The van der Waals surface area contributed by atoms with Gasteiger partial charge in [-0.25, -0.2) is 9.59 Å². The van der Waals surface area contributed by atoms with Crippen molar-refractivity contribution in [1.82, 2.24) is 0 Å². The number of aliphatic carboxylic acids is 2. The first-order valence-electron chi connectivity index (χ1n) is 3.24. The van der Waals surface area contributed by atoms with Gasteiger partial charge in [0.15, 0.2) is 0 Å². The molecule has 0 saturated carbocycles. The van der Waals surface area contributed by atoms with Crippen LogP contribution in [0.15, 0.2) is 0 Å². The van der Waals surface area contributed by atoms with Gasteiger partial charge in [0.05, 0.1) is 0 Å². The number of aliphatic hydroxyl groups excluding tert-OH is 1. The SMILES string of the molecule is CCC(O)C(O)(C(=O)O)C(=O)O. The van der Waals surface area contributed by atoms with Gasteiger partial charge in [0.25, 0.3) is 5.60 Å². The van der Waals surface area contributed by atoms with Crippen molar-refractivity contribution in [2.24, 2.45) is 0 Å². The van der Waals surface area contributed by atoms with Gasteiger partial charge >= 0.3 is 11.9 Å². The maximum Gasteiger partial charge on any atom is 0.350 e. The lowest BCUT2D eigenvalue weighted by Gasteiger charge is -2.22. The van der Waals surface area contributed by atoms with Crippen molar-refractivity contribution in [2.45, 2.75) is 25.0 Å². The Morgan fingerprint density at radius 1 is 1.33 bits per heavy atom. The molecule has 1 atom stereocenters. The monoisotopic (exact) mass is 178 g/mol. The summed E-state index contributed by atoms with van der Waals surface area (Å²) in [6.45, 7) is 1.36. The zero-order valence-corrected chi connectivity index (χ0v) is 6.39. The van der Waals surface area contributed by atoms with Crippen molar-refractivity contribution in [3.8, 4) is 0 Å². The number of hydrogen-bond acceptors (Lipinski definition) is 4. The second kappa shape index (κ2) is 3.51. The zero-order valence-electron chi connectivity index (χ0n) is 6.39. The molecule has 0 aromatic carbocycles. The van der Waals surface area contributed by atoms with Crippen LogP contribution in [-0.2, 0) is 9.59 Å². The molecule has 0 aliphatic heterocycles. The molecule has 0 aliphatic carbocycles. The molecule has 0 fully saturated rings. The van der Waals surface area contributed by atoms with E-state index in [-0.39, 0.29) is 6.42 Å². The number of carbonyl (C=O) groups is 2. The number of aliphatic hydroxyl groups is 2. The molecule has 12 heavy (non-hydrogen) atoms. The molecule has 0 spiro atoms. The van der Waals surface area contributed by atoms with Crippen molar-refractivity contribution in [3.63, 3.8) is 0 Å². The summed E-state index contributed by atoms with van der Waals surface area (Å²) in [7, 11) is 0. The van der Waals surface area contributed by atoms with E-state index in [0.29, 0.717) is 0 Å². The van der Waals surface area contributed by atoms with Gasteiger partial charge < -0.3 is 20.4 Å². The van der Waals surface area contributed by atoms with Crippen molar-refractivity contribution in [2.75, 3.05) is 0 Å². The Kier molecular flexibility index (Phi) is 3.17. The van der Waals surface area contributed by atoms with E-state index in [4.69, 9.17) is 20.4 Å². The average molecular weight is 178 g/mol. The van der Waals surface area contributed by atoms with E-state index in [2.05, 4.69) is 0 Å². The lowest BCUT2D eigenvalue weighted by atomic mass is 9.95. The van der Waals surface area contributed by atoms with Gasteiger partial charge in [-0.1, -0.05) is 6.92 Å². The molecule has 0 amide bonds. The smallest absolute Gasteiger partial charge is 0.350 e. The average Bonchev–Trinajstić information content (AvgIpc) is 2.00. The summed E-state index contributed by atoms with van der Waals surface area (Å²) in [5.41, 5.74) is -3.10. The van der Waals surface area contributed by atoms with Gasteiger partial charge in [0.1, 0.15) is 6.10 Å². The maximum atomic E-state index is 10.3. The second-order valence-corrected chi connectivity index (χ2v) is 2.30. The summed E-state index contributed by atoms with van der Waals surface area (Å²) < 4.78 is 0. The molecule has 0 aromatic heterocycles. The van der Waals surface area contributed by atoms with E-state index >= 15 is 0 Å². The Morgan fingerprint density at radius 2 is 1.67 bits per heavy atom. The standard InChI is InChI=1S/C6H10O6/c1-2-3(7)6(12,4(8)9)5(10)11/h3,7,12H,2H2,1H3,(H,8,9)(H,10,11). The number of hydrogen-bond donors (Lipinski definition) is 4. The van der Waals surface area contributed by atoms with Crippen LogP contribution in [0, 0.1) is 0 Å². The van der Waals surface area contributed by atoms with E-state index in [9.17, 15) is 9.59 Å². The van der Waals surface area contributed by atoms with Crippen molar-refractivity contribution in [1.29, 1.82) is 0 Å². The van der Waals surface area contributed by atoms with E-state index in [1.54, 1.807) is 0 Å². The fraction of sp³-hybridized carbons (Fsp3) is 0.667. The minimum absolute atomic E-state index is 0.158. The predicted octanol–water partition coefficient (Wildman–Crippen LogP) is -1.34. The molecule has 0 bridgehead atoms. The number of carboxylic acid groups (broad SMARTS) is 2. The van der Waals surface area contributed by atoms with Crippen LogP contribution in [0.4, 0.5) is 0 Å². The van der Waals surface area contributed by atoms with Crippen LogP contribution in [0.25, 0.3) is 0 Å². The first kappa shape index (κ1) is 10.9. The van der Waals surface area contributed by atoms with E-state index < -0.39 is 23.6 Å². The summed E-state index contributed by atoms with van der Waals surface area (Å²) in [5.74, 6) is -3.94. The van der Waals surface area contributed by atoms with Crippen LogP contribution in [0.1, 0.15) is 13.3 Å². The molecule has 0 radical (unpaired) electrons. The minimum Gasteiger partial charge on any atom is -0.479 e. The van der Waals surface area contributed by atoms with E-state index in [0.717, 1.165) is 0 Å². The van der Waals surface area contributed by atoms with Gasteiger partial charge in [-0.15, -0.1) is 0 Å². The molecule has 6 heteroatoms. The summed E-state index contributed by atoms with van der Waals surface area (Å²) in [6.07, 6.45) is -1.97. The number of carboxylic acids is 2. The Hall–Kier alpha value is -1.14. The van der Waals surface area contributed by atoms with Crippen LogP contribution in [0.2, 0.25) is 0 Å². The highest BCUT2D eigenvalue weighted by molar-refractivity contribution is 6.02. The molecule has 0 rings (SSSR count). The van der Waals surface area contributed by atoms with Gasteiger partial charge in [-0.05, 0) is 6.42 Å². The highest BCUT2D eigenvalue weighted by Crippen LogP contribution is 2.14. The molecule has 4 N–H and O–H groups in total. The second-order valence-electron chi connectivity index (χ2n) is 2.30. The van der Waals surface area contributed by atoms with Crippen LogP contribution in [0.5, 0.6) is 0 Å². The normalized spacial score (nSPS) is 13.9. The topological polar surface area (TPSA) is 115 Å². The van der Waals surface area contributed by atoms with Crippen LogP contribution in [0.3, 0.4) is 0 Å². The lowest BCUT2D eigenvalue weighted by molar-refractivity contribution is -0.188.